The van der Waals surface area contributed by atoms with Gasteiger partial charge in [0.25, 0.3) is 0 Å². The van der Waals surface area contributed by atoms with Crippen molar-refractivity contribution in [1.29, 1.82) is 0 Å². The molecule has 2 rings (SSSR count). The Morgan fingerprint density at radius 3 is 2.52 bits per heavy atom. The Morgan fingerprint density at radius 1 is 1.26 bits per heavy atom. The van der Waals surface area contributed by atoms with E-state index in [-0.39, 0.29) is 29.7 Å². The van der Waals surface area contributed by atoms with Crippen LogP contribution in [0, 0.1) is 12.7 Å². The van der Waals surface area contributed by atoms with Crippen molar-refractivity contribution < 1.29 is 12.8 Å². The van der Waals surface area contributed by atoms with Crippen molar-refractivity contribution in [2.45, 2.75) is 18.2 Å². The Bertz CT molecular complexity index is 581. The van der Waals surface area contributed by atoms with Gasteiger partial charge < -0.3 is 10.2 Å². The van der Waals surface area contributed by atoms with Crippen molar-refractivity contribution >= 4 is 34.8 Å². The van der Waals surface area contributed by atoms with E-state index in [1.54, 1.807) is 13.0 Å². The summed E-state index contributed by atoms with van der Waals surface area (Å²) in [5.41, 5.74) is 0.699. The predicted molar refractivity (Wildman–Crippen MR) is 94.7 cm³/mol. The van der Waals surface area contributed by atoms with Gasteiger partial charge in [0, 0.05) is 32.7 Å². The quantitative estimate of drug-likeness (QED) is 0.726. The molecule has 0 aliphatic carbocycles. The molecule has 0 aromatic heterocycles. The number of nitrogens with one attached hydrogen (secondary N) is 2. The average Bonchev–Trinajstić information content (AvgIpc) is 2.44. The van der Waals surface area contributed by atoms with Gasteiger partial charge in [-0.3, -0.25) is 0 Å². The topological polar surface area (TPSA) is 61.4 Å². The van der Waals surface area contributed by atoms with Crippen LogP contribution in [0.2, 0.25) is 0 Å². The zero-order chi connectivity index (χ0) is 15.3. The van der Waals surface area contributed by atoms with Gasteiger partial charge in [0.2, 0.25) is 10.0 Å². The molecule has 0 unspecified atom stereocenters. The van der Waals surface area contributed by atoms with Crippen molar-refractivity contribution in [1.82, 2.24) is 14.9 Å². The molecule has 0 saturated carbocycles. The first-order valence-electron chi connectivity index (χ1n) is 7.18. The molecule has 0 bridgehead atoms. The first-order chi connectivity index (χ1) is 9.99. The van der Waals surface area contributed by atoms with Crippen molar-refractivity contribution in [3.8, 4) is 0 Å². The molecule has 1 aromatic carbocycles. The summed E-state index contributed by atoms with van der Waals surface area (Å²) in [6.07, 6.45) is 0.715. The van der Waals surface area contributed by atoms with Gasteiger partial charge in [0.1, 0.15) is 10.7 Å². The third-order valence-electron chi connectivity index (χ3n) is 3.53. The molecule has 5 nitrogen and oxygen atoms in total. The van der Waals surface area contributed by atoms with E-state index >= 15 is 0 Å². The number of aryl methyl sites for hydroxylation is 1. The normalized spacial score (nSPS) is 15.6. The fraction of sp³-hybridized carbons (Fsp3) is 0.571. The first-order valence-corrected chi connectivity index (χ1v) is 8.66. The highest BCUT2D eigenvalue weighted by Crippen LogP contribution is 2.15. The van der Waals surface area contributed by atoms with Gasteiger partial charge in [-0.15, -0.1) is 24.8 Å². The smallest absolute Gasteiger partial charge is 0.243 e. The van der Waals surface area contributed by atoms with E-state index < -0.39 is 15.8 Å². The summed E-state index contributed by atoms with van der Waals surface area (Å²) in [5, 5.41) is 3.27. The third kappa shape index (κ3) is 6.91. The predicted octanol–water partition coefficient (Wildman–Crippen LogP) is 1.55. The summed E-state index contributed by atoms with van der Waals surface area (Å²) in [5.74, 6) is -0.704. The van der Waals surface area contributed by atoms with E-state index in [2.05, 4.69) is 14.9 Å². The lowest BCUT2D eigenvalue weighted by molar-refractivity contribution is 0.239. The molecule has 1 fully saturated rings. The molecule has 1 heterocycles. The minimum atomic E-state index is -3.77. The minimum absolute atomic E-state index is 0. The molecule has 1 aliphatic heterocycles. The van der Waals surface area contributed by atoms with Crippen LogP contribution in [-0.2, 0) is 10.0 Å². The van der Waals surface area contributed by atoms with Crippen LogP contribution in [0.5, 0.6) is 0 Å². The second kappa shape index (κ2) is 10.4. The van der Waals surface area contributed by atoms with Crippen LogP contribution in [0.3, 0.4) is 0 Å². The fourth-order valence-electron chi connectivity index (χ4n) is 2.35. The second-order valence-corrected chi connectivity index (χ2v) is 7.01. The highest BCUT2D eigenvalue weighted by atomic mass is 35.5. The number of hydrogen-bond donors (Lipinski definition) is 2. The van der Waals surface area contributed by atoms with Gasteiger partial charge in [0.15, 0.2) is 0 Å². The monoisotopic (exact) mass is 387 g/mol. The molecule has 134 valence electrons. The van der Waals surface area contributed by atoms with E-state index in [1.807, 2.05) is 0 Å². The molecule has 2 N–H and O–H groups in total. The van der Waals surface area contributed by atoms with Crippen molar-refractivity contribution in [3.63, 3.8) is 0 Å². The molecule has 0 amide bonds. The molecule has 0 spiro atoms. The summed E-state index contributed by atoms with van der Waals surface area (Å²) < 4.78 is 40.3. The highest BCUT2D eigenvalue weighted by molar-refractivity contribution is 7.89. The summed E-state index contributed by atoms with van der Waals surface area (Å²) in [7, 11) is -3.77. The van der Waals surface area contributed by atoms with Crippen molar-refractivity contribution in [2.75, 3.05) is 39.3 Å². The lowest BCUT2D eigenvalue weighted by atomic mass is 10.2. The van der Waals surface area contributed by atoms with E-state index in [9.17, 15) is 12.8 Å². The number of piperazine rings is 1. The molecule has 9 heteroatoms. The fourth-order valence-corrected chi connectivity index (χ4v) is 3.48. The maximum Gasteiger partial charge on any atom is 0.243 e. The molecule has 1 aromatic rings. The maximum atomic E-state index is 13.7. The van der Waals surface area contributed by atoms with Crippen LogP contribution >= 0.6 is 24.8 Å². The van der Waals surface area contributed by atoms with Crippen LogP contribution in [0.1, 0.15) is 12.0 Å². The molecule has 1 saturated heterocycles. The van der Waals surface area contributed by atoms with E-state index in [4.69, 9.17) is 0 Å². The standard InChI is InChI=1S/C14H22FN3O2S.2ClH/c1-12-3-4-14(13(15)11-12)21(19,20)17-5-2-8-18-9-6-16-7-10-18;;/h3-4,11,16-17H,2,5-10H2,1H3;2*1H. The number of halogens is 3. The van der Waals surface area contributed by atoms with Gasteiger partial charge in [-0.05, 0) is 37.6 Å². The Morgan fingerprint density at radius 2 is 1.91 bits per heavy atom. The first kappa shape index (κ1) is 22.6. The van der Waals surface area contributed by atoms with Crippen LogP contribution in [-0.4, -0.2) is 52.6 Å². The Hall–Kier alpha value is -0.440. The SMILES string of the molecule is Cc1ccc(S(=O)(=O)NCCCN2CCNCC2)c(F)c1.Cl.Cl. The molecule has 0 radical (unpaired) electrons. The van der Waals surface area contributed by atoms with Crippen LogP contribution in [0.25, 0.3) is 0 Å². The molecular weight excluding hydrogens is 364 g/mol. The summed E-state index contributed by atoms with van der Waals surface area (Å²) >= 11 is 0. The van der Waals surface area contributed by atoms with Gasteiger partial charge in [0.05, 0.1) is 0 Å². The lowest BCUT2D eigenvalue weighted by Gasteiger charge is -2.27. The summed E-state index contributed by atoms with van der Waals surface area (Å²) in [6.45, 7) is 6.81. The Kier molecular flexibility index (Phi) is 10.2. The zero-order valence-corrected chi connectivity index (χ0v) is 15.5. The third-order valence-corrected chi connectivity index (χ3v) is 5.02. The van der Waals surface area contributed by atoms with Gasteiger partial charge >= 0.3 is 0 Å². The number of benzene rings is 1. The number of hydrogen-bond acceptors (Lipinski definition) is 4. The molecule has 0 atom stereocenters. The number of sulfonamides is 1. The van der Waals surface area contributed by atoms with Gasteiger partial charge in [-0.25, -0.2) is 17.5 Å². The Balaban J connectivity index is 0.00000242. The lowest BCUT2D eigenvalue weighted by Crippen LogP contribution is -2.44. The van der Waals surface area contributed by atoms with Crippen LogP contribution in [0.15, 0.2) is 23.1 Å². The maximum absolute atomic E-state index is 13.7. The number of nitrogens with zero attached hydrogens (tertiary/aromatic N) is 1. The molecule has 23 heavy (non-hydrogen) atoms. The highest BCUT2D eigenvalue weighted by Gasteiger charge is 2.18. The van der Waals surface area contributed by atoms with Crippen LogP contribution < -0.4 is 10.0 Å². The Labute approximate surface area is 149 Å². The average molecular weight is 388 g/mol. The zero-order valence-electron chi connectivity index (χ0n) is 13.0. The largest absolute Gasteiger partial charge is 0.314 e. The molecule has 1 aliphatic rings. The van der Waals surface area contributed by atoms with E-state index in [0.29, 0.717) is 18.5 Å². The van der Waals surface area contributed by atoms with E-state index in [0.717, 1.165) is 32.7 Å². The second-order valence-electron chi connectivity index (χ2n) is 5.28. The van der Waals surface area contributed by atoms with Crippen molar-refractivity contribution in [2.24, 2.45) is 0 Å². The van der Waals surface area contributed by atoms with Gasteiger partial charge in [-0.1, -0.05) is 6.07 Å². The summed E-state index contributed by atoms with van der Waals surface area (Å²) in [6, 6.07) is 4.14. The van der Waals surface area contributed by atoms with Gasteiger partial charge in [-0.2, -0.15) is 0 Å². The summed E-state index contributed by atoms with van der Waals surface area (Å²) in [4.78, 5) is 2.01. The minimum Gasteiger partial charge on any atom is -0.314 e. The number of rotatable bonds is 6. The van der Waals surface area contributed by atoms with Crippen molar-refractivity contribution in [3.05, 3.63) is 29.6 Å². The van der Waals surface area contributed by atoms with E-state index in [1.165, 1.54) is 12.1 Å². The molecular formula is C14H24Cl2FN3O2S. The van der Waals surface area contributed by atoms with Crippen LogP contribution in [0.4, 0.5) is 4.39 Å².